The first-order valence-electron chi connectivity index (χ1n) is 18.4. The van der Waals surface area contributed by atoms with Crippen LogP contribution in [0.3, 0.4) is 0 Å². The minimum Gasteiger partial charge on any atom is -0.506 e. The molecule has 0 saturated carbocycles. The van der Waals surface area contributed by atoms with Crippen LogP contribution in [0, 0.1) is 6.92 Å². The number of fused-ring (bicyclic) bond motifs is 2. The van der Waals surface area contributed by atoms with Gasteiger partial charge in [-0.2, -0.15) is 0 Å². The van der Waals surface area contributed by atoms with E-state index in [0.29, 0.717) is 41.2 Å². The number of pyridine rings is 1. The third-order valence-electron chi connectivity index (χ3n) is 10.1. The maximum absolute atomic E-state index is 12.5. The molecule has 10 nitrogen and oxygen atoms in total. The molecule has 1 aliphatic rings. The SMILES string of the molecule is COc1cccc(Nc2c(C(N)=O)cnc3c(C)cc(Cc4ccc(-c5ccc(CCCCC[C@H](O)c6ccc(O)c7c6OCC(=O)N7)cc5)cc4)cc23)c1. The van der Waals surface area contributed by atoms with E-state index in [1.807, 2.05) is 31.2 Å². The van der Waals surface area contributed by atoms with Gasteiger partial charge in [-0.05, 0) is 96.3 Å². The molecule has 55 heavy (non-hydrogen) atoms. The van der Waals surface area contributed by atoms with E-state index in [2.05, 4.69) is 76.3 Å². The molecule has 0 saturated heterocycles. The van der Waals surface area contributed by atoms with Gasteiger partial charge in [0, 0.05) is 28.9 Å². The molecule has 1 aromatic heterocycles. The maximum Gasteiger partial charge on any atom is 0.262 e. The molecule has 0 fully saturated rings. The highest BCUT2D eigenvalue weighted by atomic mass is 16.5. The van der Waals surface area contributed by atoms with Gasteiger partial charge in [0.25, 0.3) is 11.8 Å². The monoisotopic (exact) mass is 736 g/mol. The zero-order chi connectivity index (χ0) is 38.5. The highest BCUT2D eigenvalue weighted by molar-refractivity contribution is 6.08. The van der Waals surface area contributed by atoms with Crippen molar-refractivity contribution in [2.75, 3.05) is 24.4 Å². The van der Waals surface area contributed by atoms with Crippen molar-refractivity contribution in [2.45, 2.75) is 51.6 Å². The minimum atomic E-state index is -0.749. The number of nitrogens with two attached hydrogens (primary N) is 1. The molecule has 1 aliphatic heterocycles. The molecular formula is C45H44N4O6. The van der Waals surface area contributed by atoms with Crippen molar-refractivity contribution in [1.29, 1.82) is 0 Å². The number of carbonyl (C=O) groups excluding carboxylic acids is 2. The zero-order valence-corrected chi connectivity index (χ0v) is 30.9. The van der Waals surface area contributed by atoms with E-state index in [9.17, 15) is 19.8 Å². The highest BCUT2D eigenvalue weighted by Gasteiger charge is 2.25. The van der Waals surface area contributed by atoms with Crippen molar-refractivity contribution in [3.8, 4) is 28.4 Å². The van der Waals surface area contributed by atoms with Crippen molar-refractivity contribution in [1.82, 2.24) is 4.98 Å². The minimum absolute atomic E-state index is 0.0790. The Labute approximate surface area is 320 Å². The van der Waals surface area contributed by atoms with Crippen LogP contribution in [0.1, 0.15) is 70.0 Å². The van der Waals surface area contributed by atoms with Crippen molar-refractivity contribution in [2.24, 2.45) is 5.73 Å². The van der Waals surface area contributed by atoms with Crippen LogP contribution in [0.4, 0.5) is 17.1 Å². The number of aromatic hydroxyl groups is 1. The molecule has 2 heterocycles. The van der Waals surface area contributed by atoms with E-state index in [1.165, 1.54) is 17.8 Å². The summed E-state index contributed by atoms with van der Waals surface area (Å²) in [5.74, 6) is 0.0708. The lowest BCUT2D eigenvalue weighted by Gasteiger charge is -2.23. The van der Waals surface area contributed by atoms with Crippen LogP contribution in [0.15, 0.2) is 103 Å². The van der Waals surface area contributed by atoms with E-state index < -0.39 is 12.0 Å². The molecule has 0 unspecified atom stereocenters. The molecule has 10 heteroatoms. The van der Waals surface area contributed by atoms with Gasteiger partial charge in [0.2, 0.25) is 0 Å². The molecule has 0 spiro atoms. The van der Waals surface area contributed by atoms with E-state index >= 15 is 0 Å². The number of aliphatic hydroxyl groups is 1. The summed E-state index contributed by atoms with van der Waals surface area (Å²) in [4.78, 5) is 28.8. The lowest BCUT2D eigenvalue weighted by atomic mass is 9.96. The van der Waals surface area contributed by atoms with E-state index in [4.69, 9.17) is 15.2 Å². The number of rotatable bonds is 14. The standard InChI is InChI=1S/C45H44N4O6/c1-27-21-30(23-36-41(27)47-25-37(45(46)53)42(36)48-33-8-6-9-34(24-33)54-2)22-29-13-17-32(18-14-29)31-15-11-28(12-16-31)7-4-3-5-10-38(50)35-19-20-39(51)43-44(35)55-26-40(52)49-43/h6,8-9,11-21,23-25,38,50-51H,3-5,7,10,22,26H2,1-2H3,(H2,46,53)(H,47,48)(H,49,52)/t38-/m0/s1. The molecule has 1 atom stereocenters. The molecule has 0 radical (unpaired) electrons. The summed E-state index contributed by atoms with van der Waals surface area (Å²) in [6, 6.07) is 32.1. The summed E-state index contributed by atoms with van der Waals surface area (Å²) in [6.45, 7) is 1.89. The zero-order valence-electron chi connectivity index (χ0n) is 30.9. The van der Waals surface area contributed by atoms with Crippen molar-refractivity contribution < 1.29 is 29.3 Å². The highest BCUT2D eigenvalue weighted by Crippen LogP contribution is 2.42. The molecule has 0 bridgehead atoms. The predicted molar refractivity (Wildman–Crippen MR) is 215 cm³/mol. The molecule has 6 aromatic rings. The number of hydrogen-bond acceptors (Lipinski definition) is 8. The van der Waals surface area contributed by atoms with Crippen LogP contribution in [0.5, 0.6) is 17.2 Å². The number of amides is 2. The third kappa shape index (κ3) is 8.40. The Morgan fingerprint density at radius 1 is 0.945 bits per heavy atom. The topological polar surface area (TPSA) is 156 Å². The van der Waals surface area contributed by atoms with Gasteiger partial charge < -0.3 is 36.1 Å². The predicted octanol–water partition coefficient (Wildman–Crippen LogP) is 8.53. The number of nitrogens with one attached hydrogen (secondary N) is 2. The summed E-state index contributed by atoms with van der Waals surface area (Å²) < 4.78 is 10.9. The lowest BCUT2D eigenvalue weighted by molar-refractivity contribution is -0.118. The van der Waals surface area contributed by atoms with Crippen LogP contribution in [0.25, 0.3) is 22.0 Å². The van der Waals surface area contributed by atoms with E-state index in [0.717, 1.165) is 70.1 Å². The number of benzene rings is 5. The first-order chi connectivity index (χ1) is 26.7. The largest absolute Gasteiger partial charge is 0.506 e. The number of aliphatic hydroxyl groups excluding tert-OH is 1. The second kappa shape index (κ2) is 16.3. The Bertz CT molecular complexity index is 2360. The quantitative estimate of drug-likeness (QED) is 0.0551. The summed E-state index contributed by atoms with van der Waals surface area (Å²) >= 11 is 0. The fourth-order valence-corrected chi connectivity index (χ4v) is 7.18. The molecule has 0 aliphatic carbocycles. The number of ether oxygens (including phenoxy) is 2. The number of methoxy groups -OCH3 is 1. The molecule has 2 amide bonds. The average Bonchev–Trinajstić information content (AvgIpc) is 3.19. The second-order valence-electron chi connectivity index (χ2n) is 14.0. The fourth-order valence-electron chi connectivity index (χ4n) is 7.18. The van der Waals surface area contributed by atoms with Gasteiger partial charge in [-0.25, -0.2) is 0 Å². The van der Waals surface area contributed by atoms with Gasteiger partial charge in [-0.1, -0.05) is 73.5 Å². The summed E-state index contributed by atoms with van der Waals surface area (Å²) in [6.07, 6.45) is 5.77. The first kappa shape index (κ1) is 36.9. The number of carbonyl (C=O) groups is 2. The molecular weight excluding hydrogens is 693 g/mol. The third-order valence-corrected chi connectivity index (χ3v) is 10.1. The number of unbranched alkanes of at least 4 members (excludes halogenated alkanes) is 2. The fraction of sp³-hybridized carbons (Fsp3) is 0.222. The number of primary amides is 1. The van der Waals surface area contributed by atoms with Crippen LogP contribution >= 0.6 is 0 Å². The van der Waals surface area contributed by atoms with Gasteiger partial charge >= 0.3 is 0 Å². The Morgan fingerprint density at radius 3 is 2.42 bits per heavy atom. The maximum atomic E-state index is 12.5. The van der Waals surface area contributed by atoms with Crippen molar-refractivity contribution >= 4 is 39.8 Å². The number of hydrogen-bond donors (Lipinski definition) is 5. The molecule has 5 aromatic carbocycles. The van der Waals surface area contributed by atoms with Gasteiger partial charge in [0.15, 0.2) is 12.4 Å². The van der Waals surface area contributed by atoms with E-state index in [-0.39, 0.29) is 24.0 Å². The Morgan fingerprint density at radius 2 is 1.69 bits per heavy atom. The van der Waals surface area contributed by atoms with Crippen LogP contribution in [0.2, 0.25) is 0 Å². The Hall–Kier alpha value is -6.39. The van der Waals surface area contributed by atoms with Gasteiger partial charge in [-0.15, -0.1) is 0 Å². The van der Waals surface area contributed by atoms with Crippen molar-refractivity contribution in [3.05, 3.63) is 137 Å². The van der Waals surface area contributed by atoms with Crippen LogP contribution < -0.4 is 25.8 Å². The van der Waals surface area contributed by atoms with Gasteiger partial charge in [0.1, 0.15) is 17.2 Å². The number of phenols is 1. The Kier molecular flexibility index (Phi) is 11.0. The van der Waals surface area contributed by atoms with Crippen LogP contribution in [-0.2, 0) is 17.6 Å². The molecule has 6 N–H and O–H groups in total. The summed E-state index contributed by atoms with van der Waals surface area (Å²) in [7, 11) is 1.61. The van der Waals surface area contributed by atoms with Gasteiger partial charge in [-0.3, -0.25) is 14.6 Å². The van der Waals surface area contributed by atoms with Crippen LogP contribution in [-0.4, -0.2) is 40.7 Å². The van der Waals surface area contributed by atoms with E-state index in [1.54, 1.807) is 13.2 Å². The first-order valence-corrected chi connectivity index (χ1v) is 18.4. The van der Waals surface area contributed by atoms with Crippen molar-refractivity contribution in [3.63, 3.8) is 0 Å². The second-order valence-corrected chi connectivity index (χ2v) is 14.0. The lowest BCUT2D eigenvalue weighted by Crippen LogP contribution is -2.26. The summed E-state index contributed by atoms with van der Waals surface area (Å²) in [5.41, 5.74) is 15.9. The van der Waals surface area contributed by atoms with Gasteiger partial charge in [0.05, 0.1) is 30.0 Å². The summed E-state index contributed by atoms with van der Waals surface area (Å²) in [5, 5.41) is 27.8. The number of phenolic OH excluding ortho intramolecular Hbond substituents is 1. The smallest absolute Gasteiger partial charge is 0.262 e. The molecule has 7 rings (SSSR count). The normalized spacial score (nSPS) is 12.7. The molecule has 280 valence electrons. The number of aromatic nitrogens is 1. The Balaban J connectivity index is 0.959. The average molecular weight is 737 g/mol. The number of nitrogens with zero attached hydrogens (tertiary/aromatic N) is 1. The number of aryl methyl sites for hydroxylation is 2. The number of anilines is 3.